The average molecular weight is 403 g/mol. The molecule has 0 saturated carbocycles. The molecule has 2 amide bonds. The summed E-state index contributed by atoms with van der Waals surface area (Å²) in [5.41, 5.74) is 7.23. The number of rotatable bonds is 8. The molecule has 0 bridgehead atoms. The lowest BCUT2D eigenvalue weighted by Crippen LogP contribution is -2.40. The normalized spacial score (nSPS) is 16.1. The number of aromatic nitrogens is 1. The molecular formula is C19H22FN5O2S. The Kier molecular flexibility index (Phi) is 6.35. The molecule has 1 atom stereocenters. The van der Waals surface area contributed by atoms with Gasteiger partial charge in [0.1, 0.15) is 17.6 Å². The molecule has 148 valence electrons. The number of thiazole rings is 1. The molecule has 0 saturated heterocycles. The van der Waals surface area contributed by atoms with Crippen LogP contribution in [0.1, 0.15) is 30.0 Å². The van der Waals surface area contributed by atoms with E-state index in [2.05, 4.69) is 15.4 Å². The maximum atomic E-state index is 13.1. The molecule has 0 fully saturated rings. The van der Waals surface area contributed by atoms with E-state index in [-0.39, 0.29) is 18.0 Å². The third-order valence-corrected chi connectivity index (χ3v) is 5.39. The highest BCUT2D eigenvalue weighted by atomic mass is 32.1. The standard InChI is InChI=1S/C19H22FN5O2S/c1-12-11-28-17(23-12)4-2-3-9-22-19(27)15-10-16(18(21)26)25(24-15)14-7-5-13(20)6-8-14/h5-8,11,16H,2-4,9-10H2,1H3,(H2,21,26)(H,22,27). The molecular weight excluding hydrogens is 381 g/mol. The average Bonchev–Trinajstić information content (AvgIpc) is 3.28. The number of hydrazone groups is 1. The number of benzene rings is 1. The van der Waals surface area contributed by atoms with Gasteiger partial charge in [-0.05, 0) is 50.5 Å². The molecule has 3 rings (SSSR count). The summed E-state index contributed by atoms with van der Waals surface area (Å²) >= 11 is 1.65. The minimum atomic E-state index is -0.764. The summed E-state index contributed by atoms with van der Waals surface area (Å²) in [4.78, 5) is 28.6. The zero-order valence-electron chi connectivity index (χ0n) is 15.5. The van der Waals surface area contributed by atoms with Crippen molar-refractivity contribution in [3.63, 3.8) is 0 Å². The summed E-state index contributed by atoms with van der Waals surface area (Å²) < 4.78 is 13.1. The summed E-state index contributed by atoms with van der Waals surface area (Å²) in [7, 11) is 0. The van der Waals surface area contributed by atoms with E-state index in [1.54, 1.807) is 11.3 Å². The fourth-order valence-electron chi connectivity index (χ4n) is 2.92. The second-order valence-corrected chi connectivity index (χ2v) is 7.53. The molecule has 1 aliphatic heterocycles. The smallest absolute Gasteiger partial charge is 0.267 e. The third-order valence-electron chi connectivity index (χ3n) is 4.36. The summed E-state index contributed by atoms with van der Waals surface area (Å²) in [5, 5.41) is 11.6. The van der Waals surface area contributed by atoms with Crippen molar-refractivity contribution in [1.82, 2.24) is 10.3 Å². The Morgan fingerprint density at radius 2 is 2.07 bits per heavy atom. The number of nitrogens with one attached hydrogen (secondary N) is 1. The maximum absolute atomic E-state index is 13.1. The number of primary amides is 1. The van der Waals surface area contributed by atoms with Gasteiger partial charge in [0, 0.05) is 24.0 Å². The van der Waals surface area contributed by atoms with E-state index in [9.17, 15) is 14.0 Å². The predicted octanol–water partition coefficient (Wildman–Crippen LogP) is 2.15. The Balaban J connectivity index is 1.53. The molecule has 1 aliphatic rings. The van der Waals surface area contributed by atoms with Crippen LogP contribution in [0, 0.1) is 12.7 Å². The van der Waals surface area contributed by atoms with Gasteiger partial charge in [0.25, 0.3) is 5.91 Å². The van der Waals surface area contributed by atoms with Gasteiger partial charge in [-0.1, -0.05) is 0 Å². The molecule has 9 heteroatoms. The van der Waals surface area contributed by atoms with Crippen LogP contribution in [0.4, 0.5) is 10.1 Å². The molecule has 28 heavy (non-hydrogen) atoms. The van der Waals surface area contributed by atoms with E-state index in [0.29, 0.717) is 12.2 Å². The molecule has 1 aromatic carbocycles. The number of unbranched alkanes of at least 4 members (excludes halogenated alkanes) is 1. The highest BCUT2D eigenvalue weighted by Gasteiger charge is 2.34. The van der Waals surface area contributed by atoms with Crippen LogP contribution in [-0.4, -0.2) is 35.1 Å². The molecule has 0 radical (unpaired) electrons. The lowest BCUT2D eigenvalue weighted by atomic mass is 10.1. The highest BCUT2D eigenvalue weighted by Crippen LogP contribution is 2.24. The van der Waals surface area contributed by atoms with Crippen LogP contribution in [0.15, 0.2) is 34.7 Å². The molecule has 0 aliphatic carbocycles. The first kappa shape index (κ1) is 19.9. The van der Waals surface area contributed by atoms with Crippen LogP contribution in [0.5, 0.6) is 0 Å². The van der Waals surface area contributed by atoms with Gasteiger partial charge < -0.3 is 11.1 Å². The second-order valence-electron chi connectivity index (χ2n) is 6.59. The van der Waals surface area contributed by atoms with Crippen molar-refractivity contribution in [3.05, 3.63) is 46.2 Å². The number of hydrogen-bond donors (Lipinski definition) is 2. The van der Waals surface area contributed by atoms with Gasteiger partial charge in [0.2, 0.25) is 5.91 Å². The number of nitrogens with two attached hydrogens (primary N) is 1. The third kappa shape index (κ3) is 4.92. The first-order chi connectivity index (χ1) is 13.4. The van der Waals surface area contributed by atoms with E-state index >= 15 is 0 Å². The Morgan fingerprint density at radius 3 is 2.71 bits per heavy atom. The number of anilines is 1. The monoisotopic (exact) mass is 403 g/mol. The molecule has 2 aromatic rings. The van der Waals surface area contributed by atoms with Gasteiger partial charge in [-0.2, -0.15) is 5.10 Å². The van der Waals surface area contributed by atoms with Gasteiger partial charge in [0.15, 0.2) is 0 Å². The fourth-order valence-corrected chi connectivity index (χ4v) is 3.74. The van der Waals surface area contributed by atoms with Crippen LogP contribution in [0.3, 0.4) is 0 Å². The SMILES string of the molecule is Cc1csc(CCCCNC(=O)C2=NN(c3ccc(F)cc3)C(C(N)=O)C2)n1. The first-order valence-electron chi connectivity index (χ1n) is 9.05. The van der Waals surface area contributed by atoms with E-state index in [1.807, 2.05) is 12.3 Å². The van der Waals surface area contributed by atoms with Crippen molar-refractivity contribution in [1.29, 1.82) is 0 Å². The Hall–Kier alpha value is -2.81. The zero-order chi connectivity index (χ0) is 20.1. The maximum Gasteiger partial charge on any atom is 0.267 e. The molecule has 7 nitrogen and oxygen atoms in total. The molecule has 1 aromatic heterocycles. The van der Waals surface area contributed by atoms with Crippen LogP contribution in [0.25, 0.3) is 0 Å². The van der Waals surface area contributed by atoms with Gasteiger partial charge in [-0.25, -0.2) is 9.37 Å². The van der Waals surface area contributed by atoms with Crippen LogP contribution >= 0.6 is 11.3 Å². The van der Waals surface area contributed by atoms with Crippen LogP contribution in [0.2, 0.25) is 0 Å². The van der Waals surface area contributed by atoms with Crippen LogP contribution in [-0.2, 0) is 16.0 Å². The Labute approximate surface area is 166 Å². The number of hydrogen-bond acceptors (Lipinski definition) is 6. The number of carbonyl (C=O) groups excluding carboxylic acids is 2. The molecule has 1 unspecified atom stereocenters. The largest absolute Gasteiger partial charge is 0.368 e. The lowest BCUT2D eigenvalue weighted by Gasteiger charge is -2.20. The Bertz CT molecular complexity index is 881. The van der Waals surface area contributed by atoms with Gasteiger partial charge >= 0.3 is 0 Å². The fraction of sp³-hybridized carbons (Fsp3) is 0.368. The quantitative estimate of drug-likeness (QED) is 0.660. The zero-order valence-corrected chi connectivity index (χ0v) is 16.3. The van der Waals surface area contributed by atoms with Crippen molar-refractivity contribution in [2.24, 2.45) is 10.8 Å². The van der Waals surface area contributed by atoms with Gasteiger partial charge in [0.05, 0.1) is 10.7 Å². The van der Waals surface area contributed by atoms with E-state index in [1.165, 1.54) is 29.3 Å². The summed E-state index contributed by atoms with van der Waals surface area (Å²) in [6, 6.07) is 4.76. The number of halogens is 1. The number of nitrogens with zero attached hydrogens (tertiary/aromatic N) is 3. The summed E-state index contributed by atoms with van der Waals surface area (Å²) in [6.07, 6.45) is 2.75. The highest BCUT2D eigenvalue weighted by molar-refractivity contribution is 7.09. The van der Waals surface area contributed by atoms with E-state index in [4.69, 9.17) is 5.73 Å². The summed E-state index contributed by atoms with van der Waals surface area (Å²) in [5.74, 6) is -1.30. The van der Waals surface area contributed by atoms with Crippen molar-refractivity contribution in [2.45, 2.75) is 38.6 Å². The van der Waals surface area contributed by atoms with E-state index in [0.717, 1.165) is 30.0 Å². The van der Waals surface area contributed by atoms with Crippen molar-refractivity contribution < 1.29 is 14.0 Å². The topological polar surface area (TPSA) is 101 Å². The van der Waals surface area contributed by atoms with Gasteiger partial charge in [-0.3, -0.25) is 14.6 Å². The van der Waals surface area contributed by atoms with Crippen molar-refractivity contribution in [2.75, 3.05) is 11.6 Å². The number of carbonyl (C=O) groups is 2. The minimum absolute atomic E-state index is 0.122. The summed E-state index contributed by atoms with van der Waals surface area (Å²) in [6.45, 7) is 2.48. The van der Waals surface area contributed by atoms with Crippen molar-refractivity contribution >= 4 is 34.6 Å². The number of aryl methyl sites for hydroxylation is 2. The molecule has 0 spiro atoms. The van der Waals surface area contributed by atoms with E-state index < -0.39 is 17.8 Å². The van der Waals surface area contributed by atoms with Crippen LogP contribution < -0.4 is 16.1 Å². The Morgan fingerprint density at radius 1 is 1.32 bits per heavy atom. The number of amides is 2. The first-order valence-corrected chi connectivity index (χ1v) is 9.93. The minimum Gasteiger partial charge on any atom is -0.368 e. The predicted molar refractivity (Wildman–Crippen MR) is 107 cm³/mol. The lowest BCUT2D eigenvalue weighted by molar-refractivity contribution is -0.119. The molecule has 2 heterocycles. The van der Waals surface area contributed by atoms with Crippen molar-refractivity contribution in [3.8, 4) is 0 Å². The molecule has 3 N–H and O–H groups in total. The second kappa shape index (κ2) is 8.92. The van der Waals surface area contributed by atoms with Gasteiger partial charge in [-0.15, -0.1) is 11.3 Å².